The van der Waals surface area contributed by atoms with Crippen molar-refractivity contribution in [1.29, 1.82) is 0 Å². The van der Waals surface area contributed by atoms with Crippen LogP contribution in [0.25, 0.3) is 6.08 Å². The maximum atomic E-state index is 12.6. The number of carbonyl (C=O) groups is 2. The van der Waals surface area contributed by atoms with Gasteiger partial charge >= 0.3 is 6.03 Å². The maximum absolute atomic E-state index is 12.6. The molecule has 1 aromatic carbocycles. The van der Waals surface area contributed by atoms with Gasteiger partial charge in [0.2, 0.25) is 0 Å². The van der Waals surface area contributed by atoms with Crippen LogP contribution in [0.2, 0.25) is 0 Å². The van der Waals surface area contributed by atoms with Crippen molar-refractivity contribution in [2.45, 2.75) is 45.1 Å². The Kier molecular flexibility index (Phi) is 4.65. The minimum Gasteiger partial charge on any atom is -0.493 e. The third-order valence-electron chi connectivity index (χ3n) is 4.37. The molecule has 0 bridgehead atoms. The van der Waals surface area contributed by atoms with Gasteiger partial charge in [-0.1, -0.05) is 37.5 Å². The predicted molar refractivity (Wildman–Crippen MR) is 87.8 cm³/mol. The molecule has 3 amide bonds. The number of benzene rings is 1. The molecule has 0 radical (unpaired) electrons. The highest BCUT2D eigenvalue weighted by molar-refractivity contribution is 6.14. The van der Waals surface area contributed by atoms with E-state index in [9.17, 15) is 9.59 Å². The number of rotatable bonds is 4. The molecule has 1 saturated carbocycles. The first-order chi connectivity index (χ1) is 11.2. The van der Waals surface area contributed by atoms with Gasteiger partial charge in [0.05, 0.1) is 6.61 Å². The highest BCUT2D eigenvalue weighted by Gasteiger charge is 2.38. The molecule has 1 saturated heterocycles. The Hall–Kier alpha value is -2.30. The molecule has 0 unspecified atom stereocenters. The van der Waals surface area contributed by atoms with Crippen molar-refractivity contribution < 1.29 is 14.3 Å². The Balaban J connectivity index is 1.84. The molecule has 0 atom stereocenters. The number of imide groups is 1. The van der Waals surface area contributed by atoms with Gasteiger partial charge in [0.15, 0.2) is 0 Å². The van der Waals surface area contributed by atoms with E-state index in [2.05, 4.69) is 5.32 Å². The number of nitrogens with zero attached hydrogens (tertiary/aromatic N) is 1. The van der Waals surface area contributed by atoms with Gasteiger partial charge in [-0.25, -0.2) is 4.79 Å². The molecule has 23 heavy (non-hydrogen) atoms. The van der Waals surface area contributed by atoms with Crippen LogP contribution in [0.3, 0.4) is 0 Å². The van der Waals surface area contributed by atoms with Gasteiger partial charge in [-0.05, 0) is 31.9 Å². The lowest BCUT2D eigenvalue weighted by Gasteiger charge is -2.28. The summed E-state index contributed by atoms with van der Waals surface area (Å²) in [5.41, 5.74) is 1.12. The number of amides is 3. The minimum atomic E-state index is -0.304. The van der Waals surface area contributed by atoms with E-state index in [1.165, 1.54) is 11.3 Å². The first kappa shape index (κ1) is 15.6. The zero-order valence-corrected chi connectivity index (χ0v) is 13.4. The van der Waals surface area contributed by atoms with Crippen LogP contribution in [0.4, 0.5) is 4.79 Å². The van der Waals surface area contributed by atoms with E-state index in [0.29, 0.717) is 18.1 Å². The standard InChI is InChI=1S/C18H22N2O3/c1-2-23-16-11-7-6-8-13(16)12-15-17(21)20(18(22)19-15)14-9-4-3-5-10-14/h6-8,11-12,14H,2-5,9-10H2,1H3,(H,19,22)/b15-12-. The van der Waals surface area contributed by atoms with Crippen LogP contribution in [-0.2, 0) is 4.79 Å². The van der Waals surface area contributed by atoms with Crippen LogP contribution in [-0.4, -0.2) is 29.5 Å². The average Bonchev–Trinajstić information content (AvgIpc) is 2.84. The first-order valence-corrected chi connectivity index (χ1v) is 8.28. The van der Waals surface area contributed by atoms with Gasteiger partial charge in [0, 0.05) is 11.6 Å². The van der Waals surface area contributed by atoms with Crippen LogP contribution < -0.4 is 10.1 Å². The summed E-state index contributed by atoms with van der Waals surface area (Å²) in [7, 11) is 0. The Bertz CT molecular complexity index is 633. The average molecular weight is 314 g/mol. The molecule has 1 N–H and O–H groups in total. The molecule has 1 aromatic rings. The minimum absolute atomic E-state index is 0.0317. The number of para-hydroxylation sites is 1. The Labute approximate surface area is 136 Å². The van der Waals surface area contributed by atoms with Gasteiger partial charge in [0.1, 0.15) is 11.4 Å². The quantitative estimate of drug-likeness (QED) is 0.685. The second-order valence-electron chi connectivity index (χ2n) is 5.93. The van der Waals surface area contributed by atoms with Gasteiger partial charge in [-0.15, -0.1) is 0 Å². The normalized spacial score (nSPS) is 20.9. The van der Waals surface area contributed by atoms with Crippen molar-refractivity contribution in [3.63, 3.8) is 0 Å². The second-order valence-corrected chi connectivity index (χ2v) is 5.93. The fourth-order valence-electron chi connectivity index (χ4n) is 3.26. The van der Waals surface area contributed by atoms with E-state index in [4.69, 9.17) is 4.74 Å². The van der Waals surface area contributed by atoms with Crippen molar-refractivity contribution in [2.75, 3.05) is 6.61 Å². The summed E-state index contributed by atoms with van der Waals surface area (Å²) in [6.45, 7) is 2.46. The van der Waals surface area contributed by atoms with E-state index in [-0.39, 0.29) is 18.0 Å². The topological polar surface area (TPSA) is 58.6 Å². The summed E-state index contributed by atoms with van der Waals surface area (Å²) < 4.78 is 5.57. The monoisotopic (exact) mass is 314 g/mol. The Morgan fingerprint density at radius 1 is 1.22 bits per heavy atom. The van der Waals surface area contributed by atoms with Crippen molar-refractivity contribution in [3.05, 3.63) is 35.5 Å². The molecule has 5 heteroatoms. The molecule has 3 rings (SSSR count). The Morgan fingerprint density at radius 3 is 2.70 bits per heavy atom. The molecule has 2 fully saturated rings. The lowest BCUT2D eigenvalue weighted by atomic mass is 9.94. The largest absolute Gasteiger partial charge is 0.493 e. The summed E-state index contributed by atoms with van der Waals surface area (Å²) in [6.07, 6.45) is 6.85. The SMILES string of the molecule is CCOc1ccccc1/C=C1\NC(=O)N(C2CCCCC2)C1=O. The van der Waals surface area contributed by atoms with Gasteiger partial charge in [-0.3, -0.25) is 9.69 Å². The number of ether oxygens (including phenoxy) is 1. The van der Waals surface area contributed by atoms with E-state index in [1.807, 2.05) is 31.2 Å². The lowest BCUT2D eigenvalue weighted by Crippen LogP contribution is -2.41. The van der Waals surface area contributed by atoms with Crippen LogP contribution in [0.15, 0.2) is 30.0 Å². The smallest absolute Gasteiger partial charge is 0.329 e. The van der Waals surface area contributed by atoms with Gasteiger partial charge in [-0.2, -0.15) is 0 Å². The highest BCUT2D eigenvalue weighted by Crippen LogP contribution is 2.28. The molecule has 1 aliphatic carbocycles. The van der Waals surface area contributed by atoms with E-state index in [0.717, 1.165) is 31.2 Å². The second kappa shape index (κ2) is 6.86. The number of nitrogens with one attached hydrogen (secondary N) is 1. The predicted octanol–water partition coefficient (Wildman–Crippen LogP) is 3.31. The third-order valence-corrected chi connectivity index (χ3v) is 4.37. The van der Waals surface area contributed by atoms with Crippen LogP contribution in [0, 0.1) is 0 Å². The fourth-order valence-corrected chi connectivity index (χ4v) is 3.26. The molecule has 1 aliphatic heterocycles. The molecule has 2 aliphatic rings. The van der Waals surface area contributed by atoms with Crippen molar-refractivity contribution in [1.82, 2.24) is 10.2 Å². The molecular formula is C18H22N2O3. The Morgan fingerprint density at radius 2 is 1.96 bits per heavy atom. The summed E-state index contributed by atoms with van der Waals surface area (Å²) in [4.78, 5) is 26.2. The van der Waals surface area contributed by atoms with Crippen molar-refractivity contribution >= 4 is 18.0 Å². The number of carbonyl (C=O) groups excluding carboxylic acids is 2. The van der Waals surface area contributed by atoms with Crippen molar-refractivity contribution in [3.8, 4) is 5.75 Å². The number of hydrogen-bond donors (Lipinski definition) is 1. The van der Waals surface area contributed by atoms with Gasteiger partial charge in [0.25, 0.3) is 5.91 Å². The van der Waals surface area contributed by atoms with Gasteiger partial charge < -0.3 is 10.1 Å². The molecule has 1 heterocycles. The molecular weight excluding hydrogens is 292 g/mol. The zero-order valence-electron chi connectivity index (χ0n) is 13.4. The van der Waals surface area contributed by atoms with Crippen LogP contribution in [0.1, 0.15) is 44.6 Å². The zero-order chi connectivity index (χ0) is 16.2. The van der Waals surface area contributed by atoms with E-state index < -0.39 is 0 Å². The van der Waals surface area contributed by atoms with E-state index >= 15 is 0 Å². The fraction of sp³-hybridized carbons (Fsp3) is 0.444. The summed E-state index contributed by atoms with van der Waals surface area (Å²) in [6, 6.07) is 7.23. The number of hydrogen-bond acceptors (Lipinski definition) is 3. The molecule has 0 aromatic heterocycles. The first-order valence-electron chi connectivity index (χ1n) is 8.28. The van der Waals surface area contributed by atoms with Crippen LogP contribution in [0.5, 0.6) is 5.75 Å². The molecule has 122 valence electrons. The summed E-state index contributed by atoms with van der Waals surface area (Å²) in [5.74, 6) is 0.480. The molecule has 0 spiro atoms. The van der Waals surface area contributed by atoms with E-state index in [1.54, 1.807) is 6.08 Å². The third kappa shape index (κ3) is 3.23. The van der Waals surface area contributed by atoms with Crippen LogP contribution >= 0.6 is 0 Å². The maximum Gasteiger partial charge on any atom is 0.329 e. The van der Waals surface area contributed by atoms with Crippen molar-refractivity contribution in [2.24, 2.45) is 0 Å². The lowest BCUT2D eigenvalue weighted by molar-refractivity contribution is -0.124. The summed E-state index contributed by atoms with van der Waals surface area (Å²) >= 11 is 0. The molecule has 5 nitrogen and oxygen atoms in total. The summed E-state index contributed by atoms with van der Waals surface area (Å²) in [5, 5.41) is 2.71. The number of urea groups is 1. The highest BCUT2D eigenvalue weighted by atomic mass is 16.5.